The first-order valence-electron chi connectivity index (χ1n) is 4.10. The third-order valence-corrected chi connectivity index (χ3v) is 1.80. The minimum atomic E-state index is -0.501. The third kappa shape index (κ3) is 1.69. The van der Waals surface area contributed by atoms with Crippen LogP contribution in [0.2, 0.25) is 0 Å². The number of rotatable bonds is 1. The molecule has 0 bridgehead atoms. The maximum absolute atomic E-state index is 12.8. The zero-order chi connectivity index (χ0) is 9.97. The molecule has 2 aromatic heterocycles. The molecule has 70 valence electrons. The highest BCUT2D eigenvalue weighted by Crippen LogP contribution is 2.16. The largest absolute Gasteiger partial charge is 0.384 e. The van der Waals surface area contributed by atoms with Gasteiger partial charge in [-0.25, -0.2) is 9.97 Å². The van der Waals surface area contributed by atoms with Crippen molar-refractivity contribution in [2.24, 2.45) is 0 Å². The Bertz CT molecular complexity index is 439. The van der Waals surface area contributed by atoms with Gasteiger partial charge in [0.1, 0.15) is 5.82 Å². The van der Waals surface area contributed by atoms with E-state index in [0.717, 1.165) is 5.56 Å². The van der Waals surface area contributed by atoms with Crippen molar-refractivity contribution >= 4 is 5.82 Å². The molecule has 2 aromatic rings. The number of nitrogens with two attached hydrogens (primary N) is 1. The van der Waals surface area contributed by atoms with Crippen molar-refractivity contribution in [3.63, 3.8) is 0 Å². The van der Waals surface area contributed by atoms with Crippen molar-refractivity contribution < 1.29 is 4.39 Å². The molecule has 2 rings (SSSR count). The van der Waals surface area contributed by atoms with E-state index in [1.165, 1.54) is 6.07 Å². The summed E-state index contributed by atoms with van der Waals surface area (Å²) in [6.07, 6.45) is 1.57. The number of hydrogen-bond donors (Lipinski definition) is 1. The molecule has 0 fully saturated rings. The maximum atomic E-state index is 12.8. The van der Waals surface area contributed by atoms with Crippen molar-refractivity contribution in [1.29, 1.82) is 0 Å². The van der Waals surface area contributed by atoms with E-state index in [1.54, 1.807) is 30.5 Å². The molecule has 0 aliphatic heterocycles. The lowest BCUT2D eigenvalue weighted by atomic mass is 10.2. The van der Waals surface area contributed by atoms with E-state index in [0.29, 0.717) is 11.5 Å². The van der Waals surface area contributed by atoms with Crippen LogP contribution in [0.3, 0.4) is 0 Å². The quantitative estimate of drug-likeness (QED) is 0.696. The Kier molecular flexibility index (Phi) is 2.10. The highest BCUT2D eigenvalue weighted by molar-refractivity contribution is 5.58. The molecule has 4 heteroatoms. The standard InChI is InChI=1S/C10H8FN3/c11-9-3-1-2-8(14-9)7-4-5-10(12)13-6-7/h1-6H,(H2,12,13). The first kappa shape index (κ1) is 8.62. The summed E-state index contributed by atoms with van der Waals surface area (Å²) in [6, 6.07) is 8.03. The molecule has 14 heavy (non-hydrogen) atoms. The van der Waals surface area contributed by atoms with Gasteiger partial charge in [0, 0.05) is 11.8 Å². The van der Waals surface area contributed by atoms with Crippen LogP contribution in [-0.4, -0.2) is 9.97 Å². The number of nitrogens with zero attached hydrogens (tertiary/aromatic N) is 2. The number of aromatic nitrogens is 2. The fourth-order valence-corrected chi connectivity index (χ4v) is 1.13. The Morgan fingerprint density at radius 3 is 2.64 bits per heavy atom. The van der Waals surface area contributed by atoms with E-state index >= 15 is 0 Å². The van der Waals surface area contributed by atoms with E-state index in [2.05, 4.69) is 9.97 Å². The summed E-state index contributed by atoms with van der Waals surface area (Å²) in [5, 5.41) is 0. The molecule has 0 radical (unpaired) electrons. The molecular formula is C10H8FN3. The second kappa shape index (κ2) is 3.41. The molecule has 0 aliphatic rings. The summed E-state index contributed by atoms with van der Waals surface area (Å²) < 4.78 is 12.8. The third-order valence-electron chi connectivity index (χ3n) is 1.80. The van der Waals surface area contributed by atoms with Crippen LogP contribution >= 0.6 is 0 Å². The van der Waals surface area contributed by atoms with Gasteiger partial charge in [-0.2, -0.15) is 4.39 Å². The number of pyridine rings is 2. The number of anilines is 1. The summed E-state index contributed by atoms with van der Waals surface area (Å²) in [6.45, 7) is 0. The van der Waals surface area contributed by atoms with Crippen molar-refractivity contribution in [3.8, 4) is 11.3 Å². The molecule has 0 unspecified atom stereocenters. The molecule has 0 saturated heterocycles. The summed E-state index contributed by atoms with van der Waals surface area (Å²) in [5.74, 6) is -0.0653. The zero-order valence-corrected chi connectivity index (χ0v) is 7.31. The van der Waals surface area contributed by atoms with Crippen molar-refractivity contribution in [2.45, 2.75) is 0 Å². The Morgan fingerprint density at radius 2 is 2.00 bits per heavy atom. The predicted octanol–water partition coefficient (Wildman–Crippen LogP) is 1.86. The van der Waals surface area contributed by atoms with E-state index in [1.807, 2.05) is 0 Å². The molecule has 2 heterocycles. The summed E-state index contributed by atoms with van der Waals surface area (Å²) in [5.41, 5.74) is 6.73. The van der Waals surface area contributed by atoms with Crippen LogP contribution in [-0.2, 0) is 0 Å². The molecule has 0 aromatic carbocycles. The topological polar surface area (TPSA) is 51.8 Å². The Morgan fingerprint density at radius 1 is 1.14 bits per heavy atom. The van der Waals surface area contributed by atoms with Crippen LogP contribution in [0, 0.1) is 5.95 Å². The van der Waals surface area contributed by atoms with Crippen LogP contribution in [0.4, 0.5) is 10.2 Å². The summed E-state index contributed by atoms with van der Waals surface area (Å²) in [7, 11) is 0. The normalized spacial score (nSPS) is 10.1. The molecule has 0 aliphatic carbocycles. The number of halogens is 1. The van der Waals surface area contributed by atoms with Gasteiger partial charge in [0.15, 0.2) is 0 Å². The fourth-order valence-electron chi connectivity index (χ4n) is 1.13. The molecule has 3 nitrogen and oxygen atoms in total. The zero-order valence-electron chi connectivity index (χ0n) is 7.31. The van der Waals surface area contributed by atoms with Crippen molar-refractivity contribution in [1.82, 2.24) is 9.97 Å². The van der Waals surface area contributed by atoms with E-state index in [4.69, 9.17) is 5.73 Å². The SMILES string of the molecule is Nc1ccc(-c2cccc(F)n2)cn1. The van der Waals surface area contributed by atoms with Gasteiger partial charge in [-0.3, -0.25) is 0 Å². The van der Waals surface area contributed by atoms with Crippen LogP contribution in [0.15, 0.2) is 36.5 Å². The Labute approximate surface area is 80.4 Å². The number of hydrogen-bond acceptors (Lipinski definition) is 3. The average molecular weight is 189 g/mol. The van der Waals surface area contributed by atoms with Gasteiger partial charge in [-0.05, 0) is 24.3 Å². The average Bonchev–Trinajstić information content (AvgIpc) is 2.19. The summed E-state index contributed by atoms with van der Waals surface area (Å²) >= 11 is 0. The molecule has 0 saturated carbocycles. The summed E-state index contributed by atoms with van der Waals surface area (Å²) in [4.78, 5) is 7.63. The van der Waals surface area contributed by atoms with Crippen LogP contribution in [0.1, 0.15) is 0 Å². The molecular weight excluding hydrogens is 181 g/mol. The van der Waals surface area contributed by atoms with Crippen LogP contribution < -0.4 is 5.73 Å². The van der Waals surface area contributed by atoms with E-state index in [-0.39, 0.29) is 0 Å². The van der Waals surface area contributed by atoms with E-state index < -0.39 is 5.95 Å². The minimum Gasteiger partial charge on any atom is -0.384 e. The van der Waals surface area contributed by atoms with E-state index in [9.17, 15) is 4.39 Å². The minimum absolute atomic E-state index is 0.435. The van der Waals surface area contributed by atoms with Crippen molar-refractivity contribution in [2.75, 3.05) is 5.73 Å². The molecule has 0 atom stereocenters. The van der Waals surface area contributed by atoms with Gasteiger partial charge < -0.3 is 5.73 Å². The molecule has 0 spiro atoms. The van der Waals surface area contributed by atoms with Crippen LogP contribution in [0.25, 0.3) is 11.3 Å². The lowest BCUT2D eigenvalue weighted by molar-refractivity contribution is 0.585. The lowest BCUT2D eigenvalue weighted by Gasteiger charge is -1.99. The Hall–Kier alpha value is -1.97. The number of nitrogen functional groups attached to an aromatic ring is 1. The molecule has 2 N–H and O–H groups in total. The van der Waals surface area contributed by atoms with Crippen molar-refractivity contribution in [3.05, 3.63) is 42.5 Å². The van der Waals surface area contributed by atoms with Gasteiger partial charge in [-0.15, -0.1) is 0 Å². The second-order valence-corrected chi connectivity index (χ2v) is 2.82. The Balaban J connectivity index is 2.44. The van der Waals surface area contributed by atoms with Crippen LogP contribution in [0.5, 0.6) is 0 Å². The van der Waals surface area contributed by atoms with Gasteiger partial charge in [0.25, 0.3) is 0 Å². The fraction of sp³-hybridized carbons (Fsp3) is 0. The van der Waals surface area contributed by atoms with Gasteiger partial charge in [0.05, 0.1) is 5.69 Å². The second-order valence-electron chi connectivity index (χ2n) is 2.82. The predicted molar refractivity (Wildman–Crippen MR) is 51.8 cm³/mol. The monoisotopic (exact) mass is 189 g/mol. The van der Waals surface area contributed by atoms with Gasteiger partial charge >= 0.3 is 0 Å². The van der Waals surface area contributed by atoms with Gasteiger partial charge in [-0.1, -0.05) is 6.07 Å². The smallest absolute Gasteiger partial charge is 0.213 e. The highest BCUT2D eigenvalue weighted by Gasteiger charge is 2.00. The van der Waals surface area contributed by atoms with Gasteiger partial charge in [0.2, 0.25) is 5.95 Å². The molecule has 0 amide bonds. The first-order chi connectivity index (χ1) is 6.75. The first-order valence-corrected chi connectivity index (χ1v) is 4.10. The lowest BCUT2D eigenvalue weighted by Crippen LogP contribution is -1.91. The maximum Gasteiger partial charge on any atom is 0.213 e. The highest BCUT2D eigenvalue weighted by atomic mass is 19.1.